The van der Waals surface area contributed by atoms with Crippen LogP contribution in [0.25, 0.3) is 0 Å². The first-order valence-electron chi connectivity index (χ1n) is 5.91. The van der Waals surface area contributed by atoms with E-state index in [1.54, 1.807) is 0 Å². The topological polar surface area (TPSA) is 68.3 Å². The molecule has 1 amide bonds. The summed E-state index contributed by atoms with van der Waals surface area (Å²) in [6.07, 6.45) is 1.30. The van der Waals surface area contributed by atoms with Crippen LogP contribution in [0.3, 0.4) is 0 Å². The maximum absolute atomic E-state index is 13.0. The van der Waals surface area contributed by atoms with Gasteiger partial charge in [-0.3, -0.25) is 4.79 Å². The maximum atomic E-state index is 13.0. The number of hydrogen-bond donors (Lipinski definition) is 1. The van der Waals surface area contributed by atoms with Crippen molar-refractivity contribution in [3.8, 4) is 0 Å². The molecule has 0 spiro atoms. The fourth-order valence-electron chi connectivity index (χ4n) is 1.40. The number of methoxy groups -OCH3 is 1. The van der Waals surface area contributed by atoms with Gasteiger partial charge in [-0.2, -0.15) is 0 Å². The van der Waals surface area contributed by atoms with Crippen LogP contribution in [0.15, 0.2) is 29.3 Å². The van der Waals surface area contributed by atoms with Crippen molar-refractivity contribution in [2.75, 3.05) is 18.2 Å². The van der Waals surface area contributed by atoms with Crippen molar-refractivity contribution in [1.29, 1.82) is 0 Å². The molecule has 1 aromatic carbocycles. The lowest BCUT2D eigenvalue weighted by molar-refractivity contribution is -0.113. The lowest BCUT2D eigenvalue weighted by atomic mass is 10.3. The van der Waals surface area contributed by atoms with Gasteiger partial charge < -0.3 is 10.1 Å². The fraction of sp³-hybridized carbons (Fsp3) is 0.154. The molecule has 0 bridgehead atoms. The largest absolute Gasteiger partial charge is 0.465 e. The van der Waals surface area contributed by atoms with E-state index in [1.807, 2.05) is 0 Å². The predicted octanol–water partition coefficient (Wildman–Crippen LogP) is 2.94. The van der Waals surface area contributed by atoms with Crippen molar-refractivity contribution in [3.05, 3.63) is 40.9 Å². The van der Waals surface area contributed by atoms with E-state index in [2.05, 4.69) is 15.0 Å². The third kappa shape index (κ3) is 4.25. The number of ether oxygens (including phenoxy) is 1. The quantitative estimate of drug-likeness (QED) is 0.667. The number of thioether (sulfide) groups is 1. The average Bonchev–Trinajstić information content (AvgIpc) is 2.96. The second-order valence-corrected chi connectivity index (χ2v) is 6.01. The van der Waals surface area contributed by atoms with Crippen LogP contribution in [0.4, 0.5) is 13.9 Å². The van der Waals surface area contributed by atoms with E-state index in [0.29, 0.717) is 4.90 Å². The van der Waals surface area contributed by atoms with Gasteiger partial charge >= 0.3 is 5.97 Å². The highest BCUT2D eigenvalue weighted by Crippen LogP contribution is 2.22. The summed E-state index contributed by atoms with van der Waals surface area (Å²) < 4.78 is 30.3. The minimum Gasteiger partial charge on any atom is -0.465 e. The second kappa shape index (κ2) is 7.32. The van der Waals surface area contributed by atoms with Gasteiger partial charge in [-0.15, -0.1) is 11.8 Å². The normalized spacial score (nSPS) is 10.3. The van der Waals surface area contributed by atoms with Crippen LogP contribution in [0, 0.1) is 11.6 Å². The standard InChI is InChI=1S/C13H10F2N2O3S2/c1-20-12(19)10-5-16-13(22-10)17-11(18)6-21-7-2-3-8(14)9(15)4-7/h2-5H,6H2,1H3,(H,16,17,18). The zero-order valence-corrected chi connectivity index (χ0v) is 12.9. The highest BCUT2D eigenvalue weighted by Gasteiger charge is 2.13. The molecule has 0 saturated carbocycles. The Labute approximate surface area is 132 Å². The number of nitrogens with zero attached hydrogens (tertiary/aromatic N) is 1. The SMILES string of the molecule is COC(=O)c1cnc(NC(=O)CSc2ccc(F)c(F)c2)s1. The molecule has 1 N–H and O–H groups in total. The van der Waals surface area contributed by atoms with Crippen molar-refractivity contribution >= 4 is 40.1 Å². The molecular weight excluding hydrogens is 334 g/mol. The number of anilines is 1. The minimum absolute atomic E-state index is 0.00178. The summed E-state index contributed by atoms with van der Waals surface area (Å²) in [7, 11) is 1.25. The first-order chi connectivity index (χ1) is 10.5. The van der Waals surface area contributed by atoms with Gasteiger partial charge in [-0.1, -0.05) is 11.3 Å². The lowest BCUT2D eigenvalue weighted by Gasteiger charge is -2.02. The number of esters is 1. The Bertz CT molecular complexity index is 706. The second-order valence-electron chi connectivity index (χ2n) is 3.93. The van der Waals surface area contributed by atoms with Crippen LogP contribution in [0.1, 0.15) is 9.67 Å². The Balaban J connectivity index is 1.88. The maximum Gasteiger partial charge on any atom is 0.349 e. The summed E-state index contributed by atoms with van der Waals surface area (Å²) in [4.78, 5) is 27.6. The Kier molecular flexibility index (Phi) is 5.45. The van der Waals surface area contributed by atoms with Crippen LogP contribution in [0.5, 0.6) is 0 Å². The van der Waals surface area contributed by atoms with Gasteiger partial charge in [0.25, 0.3) is 0 Å². The van der Waals surface area contributed by atoms with Crippen LogP contribution < -0.4 is 5.32 Å². The zero-order valence-electron chi connectivity index (χ0n) is 11.3. The molecule has 2 rings (SSSR count). The van der Waals surface area contributed by atoms with E-state index in [-0.39, 0.29) is 21.7 Å². The van der Waals surface area contributed by atoms with Gasteiger partial charge in [0.05, 0.1) is 19.1 Å². The predicted molar refractivity (Wildman–Crippen MR) is 79.2 cm³/mol. The highest BCUT2D eigenvalue weighted by molar-refractivity contribution is 8.00. The van der Waals surface area contributed by atoms with Gasteiger partial charge in [-0.05, 0) is 18.2 Å². The molecule has 1 aromatic heterocycles. The third-order valence-corrected chi connectivity index (χ3v) is 4.29. The van der Waals surface area contributed by atoms with Gasteiger partial charge in [0.1, 0.15) is 4.88 Å². The fourth-order valence-corrected chi connectivity index (χ4v) is 2.87. The molecule has 22 heavy (non-hydrogen) atoms. The van der Waals surface area contributed by atoms with Crippen LogP contribution >= 0.6 is 23.1 Å². The Morgan fingerprint density at radius 1 is 1.36 bits per heavy atom. The molecule has 0 unspecified atom stereocenters. The first kappa shape index (κ1) is 16.4. The molecule has 0 atom stereocenters. The Hall–Kier alpha value is -2.00. The molecule has 1 heterocycles. The van der Waals surface area contributed by atoms with Crippen molar-refractivity contribution in [3.63, 3.8) is 0 Å². The molecule has 0 aliphatic carbocycles. The molecular formula is C13H10F2N2O3S2. The number of nitrogens with one attached hydrogen (secondary N) is 1. The summed E-state index contributed by atoms with van der Waals surface area (Å²) >= 11 is 2.04. The van der Waals surface area contributed by atoms with Crippen molar-refractivity contribution in [1.82, 2.24) is 4.98 Å². The molecule has 0 fully saturated rings. The summed E-state index contributed by atoms with van der Waals surface area (Å²) in [5, 5.41) is 2.77. The van der Waals surface area contributed by atoms with Crippen LogP contribution in [-0.4, -0.2) is 29.7 Å². The number of hydrogen-bond acceptors (Lipinski definition) is 6. The van der Waals surface area contributed by atoms with Crippen molar-refractivity contribution in [2.45, 2.75) is 4.90 Å². The van der Waals surface area contributed by atoms with E-state index in [1.165, 1.54) is 19.4 Å². The van der Waals surface area contributed by atoms with E-state index < -0.39 is 17.6 Å². The monoisotopic (exact) mass is 344 g/mol. The molecule has 0 radical (unpaired) electrons. The number of carbonyl (C=O) groups is 2. The molecule has 5 nitrogen and oxygen atoms in total. The highest BCUT2D eigenvalue weighted by atomic mass is 32.2. The van der Waals surface area contributed by atoms with Gasteiger partial charge in [0, 0.05) is 4.90 Å². The molecule has 116 valence electrons. The average molecular weight is 344 g/mol. The first-order valence-corrected chi connectivity index (χ1v) is 7.71. The van der Waals surface area contributed by atoms with Crippen molar-refractivity contribution in [2.24, 2.45) is 0 Å². The van der Waals surface area contributed by atoms with Gasteiger partial charge in [0.2, 0.25) is 5.91 Å². The number of carbonyl (C=O) groups excluding carboxylic acids is 2. The van der Waals surface area contributed by atoms with Crippen LogP contribution in [-0.2, 0) is 9.53 Å². The minimum atomic E-state index is -0.965. The Morgan fingerprint density at radius 3 is 2.82 bits per heavy atom. The lowest BCUT2D eigenvalue weighted by Crippen LogP contribution is -2.13. The summed E-state index contributed by atoms with van der Waals surface area (Å²) in [6, 6.07) is 3.40. The molecule has 0 aliphatic heterocycles. The Morgan fingerprint density at radius 2 is 2.14 bits per heavy atom. The van der Waals surface area contributed by atoms with E-state index >= 15 is 0 Å². The smallest absolute Gasteiger partial charge is 0.349 e. The number of thiazole rings is 1. The van der Waals surface area contributed by atoms with Gasteiger partial charge in [-0.25, -0.2) is 18.6 Å². The van der Waals surface area contributed by atoms with E-state index in [9.17, 15) is 18.4 Å². The van der Waals surface area contributed by atoms with Gasteiger partial charge in [0.15, 0.2) is 16.8 Å². The number of aromatic nitrogens is 1. The molecule has 0 aliphatic rings. The summed E-state index contributed by atoms with van der Waals surface area (Å²) in [6.45, 7) is 0. The van der Waals surface area contributed by atoms with E-state index in [0.717, 1.165) is 35.2 Å². The number of benzene rings is 1. The zero-order chi connectivity index (χ0) is 16.1. The summed E-state index contributed by atoms with van der Waals surface area (Å²) in [5.74, 6) is -2.81. The number of amides is 1. The van der Waals surface area contributed by atoms with Crippen LogP contribution in [0.2, 0.25) is 0 Å². The third-order valence-electron chi connectivity index (χ3n) is 2.40. The van der Waals surface area contributed by atoms with E-state index in [4.69, 9.17) is 0 Å². The summed E-state index contributed by atoms with van der Waals surface area (Å²) in [5.41, 5.74) is 0. The molecule has 0 saturated heterocycles. The number of rotatable bonds is 5. The molecule has 9 heteroatoms. The number of halogens is 2. The molecule has 2 aromatic rings. The van der Waals surface area contributed by atoms with Crippen molar-refractivity contribution < 1.29 is 23.1 Å².